The van der Waals surface area contributed by atoms with E-state index in [0.717, 1.165) is 11.1 Å². The lowest BCUT2D eigenvalue weighted by molar-refractivity contribution is 0.104. The second-order valence-electron chi connectivity index (χ2n) is 4.89. The summed E-state index contributed by atoms with van der Waals surface area (Å²) in [5.41, 5.74) is 2.66. The van der Waals surface area contributed by atoms with Crippen LogP contribution in [0.2, 0.25) is 0 Å². The van der Waals surface area contributed by atoms with Gasteiger partial charge >= 0.3 is 0 Å². The molecule has 2 rings (SSSR count). The largest absolute Gasteiger partial charge is 0.504 e. The van der Waals surface area contributed by atoms with E-state index < -0.39 is 17.0 Å². The minimum Gasteiger partial charge on any atom is -0.504 e. The molecule has 0 radical (unpaired) electrons. The molecule has 2 aromatic rings. The van der Waals surface area contributed by atoms with Gasteiger partial charge in [-0.2, -0.15) is 0 Å². The summed E-state index contributed by atoms with van der Waals surface area (Å²) in [6.07, 6.45) is 3.03. The van der Waals surface area contributed by atoms with E-state index in [9.17, 15) is 14.7 Å². The number of benzene rings is 1. The summed E-state index contributed by atoms with van der Waals surface area (Å²) in [7, 11) is 0. The minimum atomic E-state index is -0.567. The Morgan fingerprint density at radius 2 is 1.76 bits per heavy atom. The molecule has 0 saturated heterocycles. The van der Waals surface area contributed by atoms with Gasteiger partial charge in [-0.05, 0) is 48.7 Å². The van der Waals surface area contributed by atoms with Crippen molar-refractivity contribution in [3.63, 3.8) is 0 Å². The van der Waals surface area contributed by atoms with Gasteiger partial charge in [0, 0.05) is 0 Å². The molecule has 21 heavy (non-hydrogen) atoms. The van der Waals surface area contributed by atoms with Crippen LogP contribution in [0.15, 0.2) is 53.3 Å². The van der Waals surface area contributed by atoms with E-state index in [1.807, 2.05) is 32.0 Å². The maximum Gasteiger partial charge on any atom is 0.220 e. The van der Waals surface area contributed by atoms with Crippen molar-refractivity contribution in [1.82, 2.24) is 0 Å². The number of aryl methyl sites for hydroxylation is 2. The summed E-state index contributed by atoms with van der Waals surface area (Å²) in [5.74, 6) is -0.922. The fourth-order valence-corrected chi connectivity index (χ4v) is 1.91. The van der Waals surface area contributed by atoms with E-state index >= 15 is 0 Å². The zero-order valence-corrected chi connectivity index (χ0v) is 12.0. The number of allylic oxidation sites excluding steroid dienone is 1. The van der Waals surface area contributed by atoms with Gasteiger partial charge in [-0.1, -0.05) is 36.4 Å². The highest BCUT2D eigenvalue weighted by Crippen LogP contribution is 2.14. The van der Waals surface area contributed by atoms with E-state index in [4.69, 9.17) is 0 Å². The van der Waals surface area contributed by atoms with Crippen LogP contribution < -0.4 is 5.43 Å². The fraction of sp³-hybridized carbons (Fsp3) is 0.111. The quantitative estimate of drug-likeness (QED) is 0.693. The smallest absolute Gasteiger partial charge is 0.220 e. The van der Waals surface area contributed by atoms with Crippen LogP contribution in [-0.4, -0.2) is 10.9 Å². The molecule has 3 nitrogen and oxygen atoms in total. The first-order valence-electron chi connectivity index (χ1n) is 6.61. The Labute approximate surface area is 123 Å². The third kappa shape index (κ3) is 3.45. The summed E-state index contributed by atoms with van der Waals surface area (Å²) in [5, 5.41) is 9.74. The van der Waals surface area contributed by atoms with E-state index in [1.165, 1.54) is 29.8 Å². The highest BCUT2D eigenvalue weighted by atomic mass is 16.3. The van der Waals surface area contributed by atoms with Crippen LogP contribution in [0.4, 0.5) is 0 Å². The predicted molar refractivity (Wildman–Crippen MR) is 83.7 cm³/mol. The Bertz CT molecular complexity index is 774. The van der Waals surface area contributed by atoms with Gasteiger partial charge < -0.3 is 5.11 Å². The van der Waals surface area contributed by atoms with E-state index in [2.05, 4.69) is 0 Å². The SMILES string of the molecule is Cc1ccc(/C=C/C(=O)c2ccccc(=O)c2O)cc1C. The van der Waals surface area contributed by atoms with Crippen molar-refractivity contribution < 1.29 is 9.90 Å². The van der Waals surface area contributed by atoms with Crippen molar-refractivity contribution in [2.24, 2.45) is 0 Å². The average Bonchev–Trinajstić information content (AvgIpc) is 2.62. The van der Waals surface area contributed by atoms with Crippen LogP contribution >= 0.6 is 0 Å². The Morgan fingerprint density at radius 1 is 1.05 bits per heavy atom. The van der Waals surface area contributed by atoms with Crippen LogP contribution in [0.25, 0.3) is 6.08 Å². The third-order valence-corrected chi connectivity index (χ3v) is 3.33. The van der Waals surface area contributed by atoms with E-state index in [1.54, 1.807) is 12.1 Å². The number of ketones is 1. The molecule has 0 aromatic heterocycles. The van der Waals surface area contributed by atoms with Crippen LogP contribution in [0.5, 0.6) is 5.75 Å². The number of rotatable bonds is 3. The van der Waals surface area contributed by atoms with Gasteiger partial charge in [0.25, 0.3) is 0 Å². The van der Waals surface area contributed by atoms with E-state index in [0.29, 0.717) is 0 Å². The minimum absolute atomic E-state index is 0.00471. The number of aromatic hydroxyl groups is 1. The molecule has 1 N–H and O–H groups in total. The molecule has 0 unspecified atom stereocenters. The van der Waals surface area contributed by atoms with Crippen molar-refractivity contribution in [2.45, 2.75) is 13.8 Å². The molecule has 0 aliphatic carbocycles. The molecule has 106 valence electrons. The Kier molecular flexibility index (Phi) is 4.33. The van der Waals surface area contributed by atoms with Gasteiger partial charge in [0.1, 0.15) is 0 Å². The first-order chi connectivity index (χ1) is 9.99. The summed E-state index contributed by atoms with van der Waals surface area (Å²) < 4.78 is 0. The molecule has 0 fully saturated rings. The van der Waals surface area contributed by atoms with Crippen LogP contribution in [0.1, 0.15) is 27.0 Å². The molecular weight excluding hydrogens is 264 g/mol. The molecule has 0 atom stereocenters. The van der Waals surface area contributed by atoms with Crippen LogP contribution in [0.3, 0.4) is 0 Å². The third-order valence-electron chi connectivity index (χ3n) is 3.33. The molecule has 0 saturated carbocycles. The van der Waals surface area contributed by atoms with Gasteiger partial charge in [0.2, 0.25) is 5.43 Å². The van der Waals surface area contributed by atoms with Gasteiger partial charge in [0.05, 0.1) is 5.56 Å². The lowest BCUT2D eigenvalue weighted by Gasteiger charge is -2.00. The van der Waals surface area contributed by atoms with Crippen molar-refractivity contribution in [2.75, 3.05) is 0 Å². The zero-order chi connectivity index (χ0) is 15.4. The Balaban J connectivity index is 2.32. The maximum absolute atomic E-state index is 12.1. The summed E-state index contributed by atoms with van der Waals surface area (Å²) in [6, 6.07) is 11.6. The Hall–Kier alpha value is -2.68. The second kappa shape index (κ2) is 6.18. The molecule has 0 spiro atoms. The summed E-state index contributed by atoms with van der Waals surface area (Å²) in [4.78, 5) is 23.6. The normalized spacial score (nSPS) is 10.8. The van der Waals surface area contributed by atoms with Gasteiger partial charge in [0.15, 0.2) is 11.5 Å². The molecule has 0 heterocycles. The summed E-state index contributed by atoms with van der Waals surface area (Å²) in [6.45, 7) is 4.02. The number of hydrogen-bond acceptors (Lipinski definition) is 3. The summed E-state index contributed by atoms with van der Waals surface area (Å²) >= 11 is 0. The molecule has 3 heteroatoms. The molecule has 0 aliphatic heterocycles. The highest BCUT2D eigenvalue weighted by molar-refractivity contribution is 6.08. The maximum atomic E-state index is 12.1. The average molecular weight is 280 g/mol. The lowest BCUT2D eigenvalue weighted by Crippen LogP contribution is -2.01. The van der Waals surface area contributed by atoms with Crippen LogP contribution in [-0.2, 0) is 0 Å². The van der Waals surface area contributed by atoms with Crippen molar-refractivity contribution >= 4 is 11.9 Å². The monoisotopic (exact) mass is 280 g/mol. The topological polar surface area (TPSA) is 54.4 Å². The molecule has 0 amide bonds. The highest BCUT2D eigenvalue weighted by Gasteiger charge is 2.09. The number of carbonyl (C=O) groups is 1. The van der Waals surface area contributed by atoms with Gasteiger partial charge in [-0.15, -0.1) is 0 Å². The molecule has 0 bridgehead atoms. The van der Waals surface area contributed by atoms with Crippen molar-refractivity contribution in [3.8, 4) is 5.75 Å². The van der Waals surface area contributed by atoms with Crippen molar-refractivity contribution in [3.05, 3.63) is 81.0 Å². The molecule has 0 aliphatic rings. The first-order valence-corrected chi connectivity index (χ1v) is 6.61. The number of carbonyl (C=O) groups excluding carboxylic acids is 1. The lowest BCUT2D eigenvalue weighted by atomic mass is 10.0. The molecule has 2 aromatic carbocycles. The zero-order valence-electron chi connectivity index (χ0n) is 12.0. The van der Waals surface area contributed by atoms with E-state index in [-0.39, 0.29) is 5.56 Å². The van der Waals surface area contributed by atoms with Crippen molar-refractivity contribution in [1.29, 1.82) is 0 Å². The predicted octanol–water partition coefficient (Wildman–Crippen LogP) is 3.27. The van der Waals surface area contributed by atoms with Gasteiger partial charge in [-0.3, -0.25) is 9.59 Å². The fourth-order valence-electron chi connectivity index (χ4n) is 1.91. The molecular formula is C18H16O3. The van der Waals surface area contributed by atoms with Crippen LogP contribution in [0, 0.1) is 13.8 Å². The van der Waals surface area contributed by atoms with Gasteiger partial charge in [-0.25, -0.2) is 0 Å². The Morgan fingerprint density at radius 3 is 2.48 bits per heavy atom. The number of hydrogen-bond donors (Lipinski definition) is 1. The standard InChI is InChI=1S/C18H16O3/c1-12-7-8-14(11-13(12)2)9-10-16(19)15-5-3-4-6-17(20)18(15)21/h3-11H,1-2H3,(H,20,21)/b10-9+. The first kappa shape index (κ1) is 14.7. The second-order valence-corrected chi connectivity index (χ2v) is 4.89.